The Morgan fingerprint density at radius 1 is 1.05 bits per heavy atom. The molecule has 22 heavy (non-hydrogen) atoms. The van der Waals surface area contributed by atoms with Crippen molar-refractivity contribution in [3.8, 4) is 0 Å². The van der Waals surface area contributed by atoms with Crippen LogP contribution in [0.2, 0.25) is 0 Å². The fraction of sp³-hybridized carbons (Fsp3) is 0.118. The van der Waals surface area contributed by atoms with Crippen LogP contribution in [0.4, 0.5) is 5.82 Å². The average molecular weight is 289 g/mol. The molecule has 0 saturated carbocycles. The lowest BCUT2D eigenvalue weighted by Gasteiger charge is -2.09. The van der Waals surface area contributed by atoms with Crippen LogP contribution in [0.3, 0.4) is 0 Å². The van der Waals surface area contributed by atoms with Crippen molar-refractivity contribution < 1.29 is 0 Å². The summed E-state index contributed by atoms with van der Waals surface area (Å²) in [6, 6.07) is 16.2. The molecule has 108 valence electrons. The van der Waals surface area contributed by atoms with Crippen molar-refractivity contribution >= 4 is 22.4 Å². The smallest absolute Gasteiger partial charge is 0.157 e. The number of nitrogens with zero attached hydrogens (tertiary/aromatic N) is 4. The summed E-state index contributed by atoms with van der Waals surface area (Å²) in [5, 5.41) is 8.84. The molecule has 5 heteroatoms. The summed E-state index contributed by atoms with van der Waals surface area (Å²) in [5.74, 6) is 0.919. The third-order valence-electron chi connectivity index (χ3n) is 3.59. The molecule has 0 radical (unpaired) electrons. The van der Waals surface area contributed by atoms with E-state index in [1.165, 1.54) is 0 Å². The van der Waals surface area contributed by atoms with Gasteiger partial charge in [-0.15, -0.1) is 0 Å². The van der Waals surface area contributed by atoms with Crippen LogP contribution in [-0.4, -0.2) is 19.6 Å². The van der Waals surface area contributed by atoms with Crippen molar-refractivity contribution in [1.82, 2.24) is 19.6 Å². The standard InChI is InChI=1S/C17H15N5/c1-12-10-17(22-16(20-12)8-9-19-22)18-11-14-7-6-13-4-2-3-5-15(13)21-14/h2-10,18H,11H2,1H3. The molecule has 0 atom stereocenters. The zero-order valence-corrected chi connectivity index (χ0v) is 12.2. The van der Waals surface area contributed by atoms with E-state index < -0.39 is 0 Å². The summed E-state index contributed by atoms with van der Waals surface area (Å²) in [4.78, 5) is 9.11. The van der Waals surface area contributed by atoms with Gasteiger partial charge in [0.05, 0.1) is 24.0 Å². The van der Waals surface area contributed by atoms with E-state index in [-0.39, 0.29) is 0 Å². The highest BCUT2D eigenvalue weighted by atomic mass is 15.3. The van der Waals surface area contributed by atoms with Crippen LogP contribution >= 0.6 is 0 Å². The van der Waals surface area contributed by atoms with E-state index in [9.17, 15) is 0 Å². The largest absolute Gasteiger partial charge is 0.364 e. The minimum absolute atomic E-state index is 0.642. The molecule has 0 aliphatic heterocycles. The highest BCUT2D eigenvalue weighted by Gasteiger charge is 2.05. The Hall–Kier alpha value is -2.95. The fourth-order valence-corrected chi connectivity index (χ4v) is 2.55. The second-order valence-electron chi connectivity index (χ2n) is 5.23. The molecule has 5 nitrogen and oxygen atoms in total. The van der Waals surface area contributed by atoms with Gasteiger partial charge in [-0.05, 0) is 19.1 Å². The number of fused-ring (bicyclic) bond motifs is 2. The van der Waals surface area contributed by atoms with E-state index in [1.807, 2.05) is 43.3 Å². The number of benzene rings is 1. The molecule has 0 amide bonds. The maximum atomic E-state index is 4.67. The lowest BCUT2D eigenvalue weighted by molar-refractivity contribution is 0.911. The van der Waals surface area contributed by atoms with Crippen LogP contribution in [0.15, 0.2) is 54.7 Å². The lowest BCUT2D eigenvalue weighted by Crippen LogP contribution is -2.07. The predicted molar refractivity (Wildman–Crippen MR) is 86.8 cm³/mol. The van der Waals surface area contributed by atoms with E-state index >= 15 is 0 Å². The molecule has 0 fully saturated rings. The third kappa shape index (κ3) is 2.26. The molecular weight excluding hydrogens is 274 g/mol. The Bertz CT molecular complexity index is 958. The van der Waals surface area contributed by atoms with Crippen molar-refractivity contribution in [2.24, 2.45) is 0 Å². The molecule has 0 aliphatic carbocycles. The lowest BCUT2D eigenvalue weighted by atomic mass is 10.2. The second-order valence-corrected chi connectivity index (χ2v) is 5.23. The molecule has 3 aromatic heterocycles. The number of hydrogen-bond acceptors (Lipinski definition) is 4. The van der Waals surface area contributed by atoms with E-state index in [4.69, 9.17) is 0 Å². The number of aromatic nitrogens is 4. The van der Waals surface area contributed by atoms with Crippen LogP contribution in [0.25, 0.3) is 16.6 Å². The first-order valence-electron chi connectivity index (χ1n) is 7.19. The van der Waals surface area contributed by atoms with Gasteiger partial charge in [-0.3, -0.25) is 4.98 Å². The maximum absolute atomic E-state index is 4.67. The first kappa shape index (κ1) is 12.8. The van der Waals surface area contributed by atoms with Gasteiger partial charge in [0, 0.05) is 23.2 Å². The van der Waals surface area contributed by atoms with Crippen LogP contribution in [0.1, 0.15) is 11.4 Å². The van der Waals surface area contributed by atoms with Crippen LogP contribution < -0.4 is 5.32 Å². The number of nitrogens with one attached hydrogen (secondary N) is 1. The monoisotopic (exact) mass is 289 g/mol. The number of rotatable bonds is 3. The number of aryl methyl sites for hydroxylation is 1. The van der Waals surface area contributed by atoms with Gasteiger partial charge in [0.1, 0.15) is 5.82 Å². The molecule has 4 aromatic rings. The maximum Gasteiger partial charge on any atom is 0.157 e. The van der Waals surface area contributed by atoms with Gasteiger partial charge < -0.3 is 5.32 Å². The van der Waals surface area contributed by atoms with Crippen LogP contribution in [0.5, 0.6) is 0 Å². The molecule has 0 aliphatic rings. The predicted octanol–water partition coefficient (Wildman–Crippen LogP) is 3.20. The van der Waals surface area contributed by atoms with Gasteiger partial charge in [0.2, 0.25) is 0 Å². The molecule has 3 heterocycles. The van der Waals surface area contributed by atoms with Gasteiger partial charge >= 0.3 is 0 Å². The van der Waals surface area contributed by atoms with E-state index in [2.05, 4.69) is 32.5 Å². The topological polar surface area (TPSA) is 55.1 Å². The number of hydrogen-bond donors (Lipinski definition) is 1. The third-order valence-corrected chi connectivity index (χ3v) is 3.59. The number of pyridine rings is 1. The summed E-state index contributed by atoms with van der Waals surface area (Å²) in [6.45, 7) is 2.62. The van der Waals surface area contributed by atoms with Gasteiger partial charge in [0.25, 0.3) is 0 Å². The molecule has 0 spiro atoms. The molecule has 0 bridgehead atoms. The summed E-state index contributed by atoms with van der Waals surface area (Å²) < 4.78 is 1.80. The summed E-state index contributed by atoms with van der Waals surface area (Å²) in [7, 11) is 0. The van der Waals surface area contributed by atoms with E-state index in [1.54, 1.807) is 10.7 Å². The molecule has 1 N–H and O–H groups in total. The van der Waals surface area contributed by atoms with Crippen molar-refractivity contribution in [2.75, 3.05) is 5.32 Å². The molecular formula is C17H15N5. The summed E-state index contributed by atoms with van der Waals surface area (Å²) in [5.41, 5.74) is 3.81. The zero-order valence-electron chi connectivity index (χ0n) is 12.2. The zero-order chi connectivity index (χ0) is 14.9. The van der Waals surface area contributed by atoms with Crippen molar-refractivity contribution in [3.63, 3.8) is 0 Å². The Balaban J connectivity index is 1.63. The van der Waals surface area contributed by atoms with Gasteiger partial charge in [-0.25, -0.2) is 4.98 Å². The number of anilines is 1. The molecule has 4 rings (SSSR count). The van der Waals surface area contributed by atoms with E-state index in [0.717, 1.165) is 33.8 Å². The minimum atomic E-state index is 0.642. The minimum Gasteiger partial charge on any atom is -0.364 e. The first-order chi connectivity index (χ1) is 10.8. The van der Waals surface area contributed by atoms with E-state index in [0.29, 0.717) is 6.54 Å². The van der Waals surface area contributed by atoms with Crippen molar-refractivity contribution in [1.29, 1.82) is 0 Å². The van der Waals surface area contributed by atoms with Gasteiger partial charge in [-0.1, -0.05) is 24.3 Å². The summed E-state index contributed by atoms with van der Waals surface area (Å²) >= 11 is 0. The Morgan fingerprint density at radius 2 is 1.95 bits per heavy atom. The molecule has 0 unspecified atom stereocenters. The SMILES string of the molecule is Cc1cc(NCc2ccc3ccccc3n2)n2nccc2n1. The highest BCUT2D eigenvalue weighted by molar-refractivity contribution is 5.78. The fourth-order valence-electron chi connectivity index (χ4n) is 2.55. The second kappa shape index (κ2) is 5.11. The van der Waals surface area contributed by atoms with Crippen LogP contribution in [-0.2, 0) is 6.54 Å². The number of para-hydroxylation sites is 1. The van der Waals surface area contributed by atoms with Crippen LogP contribution in [0, 0.1) is 6.92 Å². The Morgan fingerprint density at radius 3 is 2.91 bits per heavy atom. The first-order valence-corrected chi connectivity index (χ1v) is 7.19. The normalized spacial score (nSPS) is 11.1. The average Bonchev–Trinajstić information content (AvgIpc) is 3.00. The summed E-state index contributed by atoms with van der Waals surface area (Å²) in [6.07, 6.45) is 1.75. The Labute approximate surface area is 127 Å². The Kier molecular flexibility index (Phi) is 2.96. The quantitative estimate of drug-likeness (QED) is 0.629. The molecule has 0 saturated heterocycles. The van der Waals surface area contributed by atoms with Gasteiger partial charge in [0.15, 0.2) is 5.65 Å². The highest BCUT2D eigenvalue weighted by Crippen LogP contribution is 2.15. The van der Waals surface area contributed by atoms with Gasteiger partial charge in [-0.2, -0.15) is 9.61 Å². The molecule has 1 aromatic carbocycles. The van der Waals surface area contributed by atoms with Crippen molar-refractivity contribution in [2.45, 2.75) is 13.5 Å². The van der Waals surface area contributed by atoms with Crippen molar-refractivity contribution in [3.05, 3.63) is 66.1 Å².